The summed E-state index contributed by atoms with van der Waals surface area (Å²) in [7, 11) is 1.73. The maximum Gasteiger partial charge on any atom is 0.253 e. The Kier molecular flexibility index (Phi) is 6.65. The van der Waals surface area contributed by atoms with Gasteiger partial charge in [0.25, 0.3) is 5.91 Å². The number of nitrogens with one attached hydrogen (secondary N) is 1. The minimum absolute atomic E-state index is 0.00295. The first-order chi connectivity index (χ1) is 13.1. The van der Waals surface area contributed by atoms with Crippen LogP contribution in [0.25, 0.3) is 0 Å². The van der Waals surface area contributed by atoms with Gasteiger partial charge in [0.2, 0.25) is 5.91 Å². The van der Waals surface area contributed by atoms with Crippen LogP contribution >= 0.6 is 0 Å². The molecule has 2 heterocycles. The van der Waals surface area contributed by atoms with Crippen molar-refractivity contribution >= 4 is 17.5 Å². The Morgan fingerprint density at radius 3 is 2.52 bits per heavy atom. The molecule has 0 saturated carbocycles. The van der Waals surface area contributed by atoms with Crippen molar-refractivity contribution in [2.45, 2.75) is 32.2 Å². The molecule has 1 N–H and O–H groups in total. The average molecular weight is 369 g/mol. The number of carbonyl (C=O) groups excluding carboxylic acids is 2. The lowest BCUT2D eigenvalue weighted by molar-refractivity contribution is -0.119. The van der Waals surface area contributed by atoms with E-state index in [4.69, 9.17) is 4.42 Å². The molecule has 6 heteroatoms. The van der Waals surface area contributed by atoms with Crippen LogP contribution in [0.15, 0.2) is 47.1 Å². The zero-order valence-electron chi connectivity index (χ0n) is 15.8. The Hall–Kier alpha value is -2.60. The predicted octanol–water partition coefficient (Wildman–Crippen LogP) is 3.05. The normalized spacial score (nSPS) is 15.1. The minimum Gasteiger partial charge on any atom is -0.467 e. The molecule has 0 unspecified atom stereocenters. The topological polar surface area (TPSA) is 65.8 Å². The summed E-state index contributed by atoms with van der Waals surface area (Å²) in [6.45, 7) is 2.63. The van der Waals surface area contributed by atoms with Crippen molar-refractivity contribution in [3.05, 3.63) is 54.0 Å². The number of likely N-dealkylation sites (N-methyl/N-ethyl adjacent to an activating group) is 1. The molecule has 2 amide bonds. The van der Waals surface area contributed by atoms with Crippen LogP contribution in [-0.2, 0) is 11.3 Å². The Balaban J connectivity index is 1.66. The summed E-state index contributed by atoms with van der Waals surface area (Å²) >= 11 is 0. The number of likely N-dealkylation sites (tertiary alicyclic amines) is 1. The molecular weight excluding hydrogens is 342 g/mol. The Labute approximate surface area is 160 Å². The van der Waals surface area contributed by atoms with Crippen LogP contribution in [-0.4, -0.2) is 43.4 Å². The second-order valence-electron chi connectivity index (χ2n) is 6.92. The number of carbonyl (C=O) groups is 2. The molecule has 0 spiro atoms. The lowest BCUT2D eigenvalue weighted by Crippen LogP contribution is -2.39. The second-order valence-corrected chi connectivity index (χ2v) is 6.92. The van der Waals surface area contributed by atoms with E-state index in [1.807, 2.05) is 18.2 Å². The number of benzene rings is 1. The Bertz CT molecular complexity index is 750. The van der Waals surface area contributed by atoms with Crippen LogP contribution in [0, 0.1) is 0 Å². The van der Waals surface area contributed by atoms with Gasteiger partial charge in [0.1, 0.15) is 5.76 Å². The number of para-hydroxylation sites is 1. The van der Waals surface area contributed by atoms with Gasteiger partial charge in [0.05, 0.1) is 30.6 Å². The Morgan fingerprint density at radius 1 is 1.07 bits per heavy atom. The van der Waals surface area contributed by atoms with E-state index in [1.165, 1.54) is 12.8 Å². The first kappa shape index (κ1) is 19.2. The molecule has 0 aliphatic carbocycles. The number of anilines is 1. The molecule has 27 heavy (non-hydrogen) atoms. The van der Waals surface area contributed by atoms with E-state index in [0.717, 1.165) is 25.9 Å². The maximum atomic E-state index is 12.8. The smallest absolute Gasteiger partial charge is 0.253 e. The van der Waals surface area contributed by atoms with Crippen molar-refractivity contribution in [3.63, 3.8) is 0 Å². The number of nitrogens with zero attached hydrogens (tertiary/aromatic N) is 2. The summed E-state index contributed by atoms with van der Waals surface area (Å²) in [6, 6.07) is 10.8. The van der Waals surface area contributed by atoms with Gasteiger partial charge in [-0.15, -0.1) is 0 Å². The first-order valence-electron chi connectivity index (χ1n) is 9.53. The number of hydrogen-bond donors (Lipinski definition) is 1. The van der Waals surface area contributed by atoms with E-state index in [1.54, 1.807) is 36.4 Å². The number of furan rings is 1. The fraction of sp³-hybridized carbons (Fsp3) is 0.429. The number of amides is 2. The van der Waals surface area contributed by atoms with Gasteiger partial charge in [-0.05, 0) is 50.2 Å². The highest BCUT2D eigenvalue weighted by Crippen LogP contribution is 2.20. The summed E-state index contributed by atoms with van der Waals surface area (Å²) in [5, 5.41) is 2.84. The minimum atomic E-state index is -0.226. The van der Waals surface area contributed by atoms with Gasteiger partial charge in [-0.3, -0.25) is 14.5 Å². The predicted molar refractivity (Wildman–Crippen MR) is 105 cm³/mol. The fourth-order valence-corrected chi connectivity index (χ4v) is 3.36. The standard InChI is InChI=1S/C21H27N3O3/c1-23(20(25)16-24-12-6-2-3-7-13-24)19-11-5-4-10-18(19)21(26)22-15-17-9-8-14-27-17/h4-5,8-11,14H,2-3,6-7,12-13,15-16H2,1H3,(H,22,26). The third kappa shape index (κ3) is 5.20. The van der Waals surface area contributed by atoms with Crippen molar-refractivity contribution in [3.8, 4) is 0 Å². The highest BCUT2D eigenvalue weighted by atomic mass is 16.3. The van der Waals surface area contributed by atoms with E-state index in [2.05, 4.69) is 10.2 Å². The van der Waals surface area contributed by atoms with Crippen LogP contribution in [0.4, 0.5) is 5.69 Å². The monoisotopic (exact) mass is 369 g/mol. The maximum absolute atomic E-state index is 12.8. The Morgan fingerprint density at radius 2 is 1.81 bits per heavy atom. The fourth-order valence-electron chi connectivity index (χ4n) is 3.36. The molecule has 0 atom stereocenters. The highest BCUT2D eigenvalue weighted by molar-refractivity contribution is 6.04. The largest absolute Gasteiger partial charge is 0.467 e. The number of rotatable bonds is 6. The van der Waals surface area contributed by atoms with Crippen LogP contribution in [0.2, 0.25) is 0 Å². The molecular formula is C21H27N3O3. The summed E-state index contributed by atoms with van der Waals surface area (Å²) in [4.78, 5) is 29.2. The molecule has 1 aromatic heterocycles. The molecule has 2 aromatic rings. The SMILES string of the molecule is CN(C(=O)CN1CCCCCC1)c1ccccc1C(=O)NCc1ccco1. The lowest BCUT2D eigenvalue weighted by Gasteiger charge is -2.25. The van der Waals surface area contributed by atoms with Gasteiger partial charge in [-0.1, -0.05) is 25.0 Å². The number of hydrogen-bond acceptors (Lipinski definition) is 4. The summed E-state index contributed by atoms with van der Waals surface area (Å²) in [5.74, 6) is 0.464. The molecule has 6 nitrogen and oxygen atoms in total. The van der Waals surface area contributed by atoms with E-state index in [-0.39, 0.29) is 11.8 Å². The molecule has 1 saturated heterocycles. The molecule has 1 aliphatic rings. The second kappa shape index (κ2) is 9.37. The molecule has 3 rings (SSSR count). The average Bonchev–Trinajstić information content (AvgIpc) is 3.09. The molecule has 0 bridgehead atoms. The lowest BCUT2D eigenvalue weighted by atomic mass is 10.1. The quantitative estimate of drug-likeness (QED) is 0.850. The van der Waals surface area contributed by atoms with Crippen LogP contribution < -0.4 is 10.2 Å². The van der Waals surface area contributed by atoms with Gasteiger partial charge in [0, 0.05) is 7.05 Å². The van der Waals surface area contributed by atoms with Gasteiger partial charge >= 0.3 is 0 Å². The van der Waals surface area contributed by atoms with Gasteiger partial charge in [0.15, 0.2) is 0 Å². The summed E-state index contributed by atoms with van der Waals surface area (Å²) < 4.78 is 5.25. The van der Waals surface area contributed by atoms with E-state index < -0.39 is 0 Å². The van der Waals surface area contributed by atoms with Crippen LogP contribution in [0.1, 0.15) is 41.8 Å². The van der Waals surface area contributed by atoms with E-state index in [9.17, 15) is 9.59 Å². The van der Waals surface area contributed by atoms with Gasteiger partial charge in [-0.25, -0.2) is 0 Å². The molecule has 1 aromatic carbocycles. The molecule has 1 fully saturated rings. The van der Waals surface area contributed by atoms with Crippen LogP contribution in [0.3, 0.4) is 0 Å². The van der Waals surface area contributed by atoms with Crippen molar-refractivity contribution < 1.29 is 14.0 Å². The highest BCUT2D eigenvalue weighted by Gasteiger charge is 2.21. The van der Waals surface area contributed by atoms with Crippen molar-refractivity contribution in [1.82, 2.24) is 10.2 Å². The van der Waals surface area contributed by atoms with Gasteiger partial charge < -0.3 is 14.6 Å². The third-order valence-electron chi connectivity index (χ3n) is 4.94. The molecule has 1 aliphatic heterocycles. The zero-order valence-corrected chi connectivity index (χ0v) is 15.8. The van der Waals surface area contributed by atoms with Gasteiger partial charge in [-0.2, -0.15) is 0 Å². The first-order valence-corrected chi connectivity index (χ1v) is 9.53. The molecule has 0 radical (unpaired) electrons. The van der Waals surface area contributed by atoms with Crippen molar-refractivity contribution in [2.24, 2.45) is 0 Å². The van der Waals surface area contributed by atoms with Crippen LogP contribution in [0.5, 0.6) is 0 Å². The summed E-state index contributed by atoms with van der Waals surface area (Å²) in [6.07, 6.45) is 6.33. The van der Waals surface area contributed by atoms with E-state index in [0.29, 0.717) is 30.1 Å². The third-order valence-corrected chi connectivity index (χ3v) is 4.94. The van der Waals surface area contributed by atoms with E-state index >= 15 is 0 Å². The zero-order chi connectivity index (χ0) is 19.1. The van der Waals surface area contributed by atoms with Crippen molar-refractivity contribution in [1.29, 1.82) is 0 Å². The molecule has 144 valence electrons. The van der Waals surface area contributed by atoms with Crippen molar-refractivity contribution in [2.75, 3.05) is 31.6 Å². The summed E-state index contributed by atoms with van der Waals surface area (Å²) in [5.41, 5.74) is 1.10.